The van der Waals surface area contributed by atoms with Gasteiger partial charge in [-0.3, -0.25) is 4.68 Å². The Morgan fingerprint density at radius 3 is 2.94 bits per heavy atom. The number of aromatic nitrogens is 3. The lowest BCUT2D eigenvalue weighted by Gasteiger charge is -2.18. The molecule has 0 saturated carbocycles. The highest BCUT2D eigenvalue weighted by atomic mass is 32.2. The van der Waals surface area contributed by atoms with Crippen molar-refractivity contribution in [3.63, 3.8) is 0 Å². The van der Waals surface area contributed by atoms with E-state index in [0.29, 0.717) is 18.7 Å². The quantitative estimate of drug-likeness (QED) is 0.796. The maximum absolute atomic E-state index is 11.6. The Morgan fingerprint density at radius 1 is 1.61 bits per heavy atom. The summed E-state index contributed by atoms with van der Waals surface area (Å²) in [6.45, 7) is 2.77. The molecule has 1 fully saturated rings. The maximum atomic E-state index is 11.6. The molecule has 0 amide bonds. The monoisotopic (exact) mass is 268 g/mol. The summed E-state index contributed by atoms with van der Waals surface area (Å²) in [5.41, 5.74) is -0.822. The Labute approximate surface area is 107 Å². The summed E-state index contributed by atoms with van der Waals surface area (Å²) < 4.78 is 24.9. The van der Waals surface area contributed by atoms with Crippen LogP contribution in [0.1, 0.15) is 25.6 Å². The molecule has 0 aliphatic carbocycles. The summed E-state index contributed by atoms with van der Waals surface area (Å²) in [5.74, 6) is 0.744. The summed E-state index contributed by atoms with van der Waals surface area (Å²) in [7, 11) is -3.07. The lowest BCUT2D eigenvalue weighted by atomic mass is 9.85. The number of aryl methyl sites for hydroxylation is 1. The van der Waals surface area contributed by atoms with Crippen LogP contribution < -0.4 is 0 Å². The van der Waals surface area contributed by atoms with Crippen LogP contribution in [-0.4, -0.2) is 34.7 Å². The Morgan fingerprint density at radius 2 is 2.39 bits per heavy atom. The van der Waals surface area contributed by atoms with Gasteiger partial charge in [0.2, 0.25) is 0 Å². The van der Waals surface area contributed by atoms with Gasteiger partial charge in [-0.25, -0.2) is 13.4 Å². The molecule has 0 spiro atoms. The molecule has 18 heavy (non-hydrogen) atoms. The summed E-state index contributed by atoms with van der Waals surface area (Å²) in [4.78, 5) is 4.14. The van der Waals surface area contributed by atoms with Crippen molar-refractivity contribution in [2.75, 3.05) is 11.5 Å². The van der Waals surface area contributed by atoms with Crippen molar-refractivity contribution in [3.8, 4) is 6.07 Å². The maximum Gasteiger partial charge on any atom is 0.151 e. The fourth-order valence-corrected chi connectivity index (χ4v) is 4.31. The van der Waals surface area contributed by atoms with Gasteiger partial charge in [-0.15, -0.1) is 0 Å². The highest BCUT2D eigenvalue weighted by Crippen LogP contribution is 2.34. The molecule has 0 radical (unpaired) electrons. The third kappa shape index (κ3) is 2.53. The first-order valence-corrected chi connectivity index (χ1v) is 7.81. The van der Waals surface area contributed by atoms with E-state index in [1.54, 1.807) is 4.68 Å². The molecular weight excluding hydrogens is 252 g/mol. The molecule has 1 atom stereocenters. The van der Waals surface area contributed by atoms with E-state index in [-0.39, 0.29) is 11.5 Å². The molecule has 1 aliphatic heterocycles. The van der Waals surface area contributed by atoms with Crippen molar-refractivity contribution >= 4 is 9.84 Å². The third-order valence-electron chi connectivity index (χ3n) is 3.25. The molecule has 1 unspecified atom stereocenters. The Bertz CT molecular complexity index is 572. The number of sulfone groups is 1. The molecule has 2 heterocycles. The van der Waals surface area contributed by atoms with Crippen molar-refractivity contribution in [3.05, 3.63) is 12.2 Å². The van der Waals surface area contributed by atoms with Crippen molar-refractivity contribution in [2.24, 2.45) is 5.41 Å². The lowest BCUT2D eigenvalue weighted by molar-refractivity contribution is 0.420. The minimum Gasteiger partial charge on any atom is -0.250 e. The molecule has 1 aromatic heterocycles. The highest BCUT2D eigenvalue weighted by Gasteiger charge is 2.43. The van der Waals surface area contributed by atoms with E-state index in [1.807, 2.05) is 6.92 Å². The van der Waals surface area contributed by atoms with E-state index in [2.05, 4.69) is 16.2 Å². The molecule has 0 bridgehead atoms. The second kappa shape index (κ2) is 4.69. The fourth-order valence-electron chi connectivity index (χ4n) is 2.31. The number of hydrogen-bond acceptors (Lipinski definition) is 5. The minimum absolute atomic E-state index is 0.0600. The van der Waals surface area contributed by atoms with Gasteiger partial charge in [-0.1, -0.05) is 6.92 Å². The summed E-state index contributed by atoms with van der Waals surface area (Å²) >= 11 is 0. The van der Waals surface area contributed by atoms with Gasteiger partial charge in [0.1, 0.15) is 12.2 Å². The highest BCUT2D eigenvalue weighted by molar-refractivity contribution is 7.91. The Balaban J connectivity index is 2.22. The zero-order chi connectivity index (χ0) is 13.2. The van der Waals surface area contributed by atoms with E-state index in [1.165, 1.54) is 6.33 Å². The average Bonchev–Trinajstić information content (AvgIpc) is 2.86. The SMILES string of the molecule is CCCn1ncnc1CC1(C#N)CCS(=O)(=O)C1. The number of nitriles is 1. The van der Waals surface area contributed by atoms with E-state index >= 15 is 0 Å². The first kappa shape index (κ1) is 13.0. The molecule has 1 saturated heterocycles. The standard InChI is InChI=1S/C11H16N4O2S/c1-2-4-15-10(13-9-14-15)6-11(7-12)3-5-18(16,17)8-11/h9H,2-6,8H2,1H3. The van der Waals surface area contributed by atoms with E-state index < -0.39 is 15.3 Å². The molecule has 0 N–H and O–H groups in total. The molecule has 98 valence electrons. The van der Waals surface area contributed by atoms with Crippen molar-refractivity contribution in [1.29, 1.82) is 5.26 Å². The topological polar surface area (TPSA) is 88.6 Å². The van der Waals surface area contributed by atoms with Gasteiger partial charge in [0.05, 0.1) is 23.0 Å². The lowest BCUT2D eigenvalue weighted by Crippen LogP contribution is -2.25. The van der Waals surface area contributed by atoms with E-state index in [0.717, 1.165) is 13.0 Å². The zero-order valence-corrected chi connectivity index (χ0v) is 11.2. The second-order valence-corrected chi connectivity index (χ2v) is 6.99. The van der Waals surface area contributed by atoms with Crippen molar-refractivity contribution in [1.82, 2.24) is 14.8 Å². The molecule has 0 aromatic carbocycles. The van der Waals surface area contributed by atoms with Crippen LogP contribution in [0.4, 0.5) is 0 Å². The predicted molar refractivity (Wildman–Crippen MR) is 65.3 cm³/mol. The average molecular weight is 268 g/mol. The number of hydrogen-bond donors (Lipinski definition) is 0. The van der Waals surface area contributed by atoms with Gasteiger partial charge in [-0.2, -0.15) is 10.4 Å². The molecule has 7 heteroatoms. The normalized spacial score (nSPS) is 26.0. The van der Waals surface area contributed by atoms with Crippen LogP contribution in [-0.2, 0) is 22.8 Å². The van der Waals surface area contributed by atoms with Gasteiger partial charge in [0, 0.05) is 13.0 Å². The first-order valence-electron chi connectivity index (χ1n) is 5.99. The van der Waals surface area contributed by atoms with Crippen molar-refractivity contribution in [2.45, 2.75) is 32.7 Å². The molecule has 1 aliphatic rings. The van der Waals surface area contributed by atoms with Gasteiger partial charge < -0.3 is 0 Å². The minimum atomic E-state index is -3.07. The van der Waals surface area contributed by atoms with Crippen LogP contribution >= 0.6 is 0 Å². The molecule has 1 aromatic rings. The molecular formula is C11H16N4O2S. The summed E-state index contributed by atoms with van der Waals surface area (Å²) in [6.07, 6.45) is 3.14. The van der Waals surface area contributed by atoms with Crippen LogP contribution in [0.15, 0.2) is 6.33 Å². The van der Waals surface area contributed by atoms with Crippen molar-refractivity contribution < 1.29 is 8.42 Å². The van der Waals surface area contributed by atoms with E-state index in [9.17, 15) is 13.7 Å². The van der Waals surface area contributed by atoms with Crippen LogP contribution in [0.5, 0.6) is 0 Å². The Kier molecular flexibility index (Phi) is 3.39. The van der Waals surface area contributed by atoms with Crippen LogP contribution in [0.3, 0.4) is 0 Å². The van der Waals surface area contributed by atoms with Gasteiger partial charge in [0.15, 0.2) is 9.84 Å². The second-order valence-electron chi connectivity index (χ2n) is 4.81. The Hall–Kier alpha value is -1.42. The smallest absolute Gasteiger partial charge is 0.151 e. The summed E-state index contributed by atoms with van der Waals surface area (Å²) in [5, 5.41) is 13.4. The zero-order valence-electron chi connectivity index (χ0n) is 10.3. The van der Waals surface area contributed by atoms with Crippen LogP contribution in [0.25, 0.3) is 0 Å². The van der Waals surface area contributed by atoms with Crippen LogP contribution in [0.2, 0.25) is 0 Å². The number of rotatable bonds is 4. The number of nitrogens with zero attached hydrogens (tertiary/aromatic N) is 4. The fraction of sp³-hybridized carbons (Fsp3) is 0.727. The van der Waals surface area contributed by atoms with Gasteiger partial charge in [0.25, 0.3) is 0 Å². The molecule has 6 nitrogen and oxygen atoms in total. The van der Waals surface area contributed by atoms with Gasteiger partial charge in [-0.05, 0) is 12.8 Å². The molecule has 2 rings (SSSR count). The van der Waals surface area contributed by atoms with Crippen LogP contribution in [0, 0.1) is 16.7 Å². The third-order valence-corrected chi connectivity index (χ3v) is 5.07. The van der Waals surface area contributed by atoms with Gasteiger partial charge >= 0.3 is 0 Å². The largest absolute Gasteiger partial charge is 0.250 e. The summed E-state index contributed by atoms with van der Waals surface area (Å²) in [6, 6.07) is 2.18. The van der Waals surface area contributed by atoms with E-state index in [4.69, 9.17) is 0 Å². The first-order chi connectivity index (χ1) is 8.50. The predicted octanol–water partition coefficient (Wildman–Crippen LogP) is 0.559.